The van der Waals surface area contributed by atoms with Crippen LogP contribution < -0.4 is 0 Å². The number of rotatable bonds is 4. The molecule has 19 heavy (non-hydrogen) atoms. The number of aliphatic hydroxyl groups excluding tert-OH is 1. The number of hydrogen-bond acceptors (Lipinski definition) is 4. The van der Waals surface area contributed by atoms with Crippen LogP contribution in [-0.4, -0.2) is 39.0 Å². The van der Waals surface area contributed by atoms with Crippen LogP contribution in [0.1, 0.15) is 23.4 Å². The summed E-state index contributed by atoms with van der Waals surface area (Å²) >= 11 is 1.85. The standard InChI is InChI=1S/C14H19N3OS/c1-11-13-4-8-19-14(13)3-7-16(11)9-12(18)10-17-6-2-5-15-17/h2,4-6,8,11-12,18H,3,7,9-10H2,1H3. The van der Waals surface area contributed by atoms with Crippen molar-refractivity contribution in [2.45, 2.75) is 32.0 Å². The van der Waals surface area contributed by atoms with Gasteiger partial charge in [-0.15, -0.1) is 11.3 Å². The third-order valence-corrected chi connectivity index (χ3v) is 4.80. The summed E-state index contributed by atoms with van der Waals surface area (Å²) in [6.07, 6.45) is 4.36. The van der Waals surface area contributed by atoms with Gasteiger partial charge in [0.15, 0.2) is 0 Å². The van der Waals surface area contributed by atoms with Gasteiger partial charge in [-0.2, -0.15) is 5.10 Å². The van der Waals surface area contributed by atoms with E-state index in [9.17, 15) is 5.11 Å². The number of β-amino-alcohol motifs (C(OH)–C–C–N with tert-alkyl or cyclic N) is 1. The lowest BCUT2D eigenvalue weighted by molar-refractivity contribution is 0.0732. The van der Waals surface area contributed by atoms with E-state index >= 15 is 0 Å². The second-order valence-corrected chi connectivity index (χ2v) is 6.10. The zero-order valence-corrected chi connectivity index (χ0v) is 11.9. The van der Waals surface area contributed by atoms with Crippen molar-refractivity contribution in [2.75, 3.05) is 13.1 Å². The van der Waals surface area contributed by atoms with Gasteiger partial charge < -0.3 is 5.11 Å². The molecule has 0 amide bonds. The summed E-state index contributed by atoms with van der Waals surface area (Å²) in [6, 6.07) is 4.51. The van der Waals surface area contributed by atoms with Crippen molar-refractivity contribution in [1.29, 1.82) is 0 Å². The molecule has 3 heterocycles. The lowest BCUT2D eigenvalue weighted by Gasteiger charge is -2.34. The van der Waals surface area contributed by atoms with Crippen molar-refractivity contribution in [2.24, 2.45) is 0 Å². The molecule has 4 nitrogen and oxygen atoms in total. The normalized spacial score (nSPS) is 21.3. The molecule has 1 N–H and O–H groups in total. The molecule has 0 radical (unpaired) electrons. The molecule has 2 aromatic rings. The molecule has 5 heteroatoms. The summed E-state index contributed by atoms with van der Waals surface area (Å²) in [5, 5.41) is 16.5. The second-order valence-electron chi connectivity index (χ2n) is 5.10. The molecule has 0 fully saturated rings. The molecule has 0 saturated carbocycles. The predicted octanol–water partition coefficient (Wildman–Crippen LogP) is 1.92. The fraction of sp³-hybridized carbons (Fsp3) is 0.500. The first-order chi connectivity index (χ1) is 9.24. The molecular formula is C14H19N3OS. The molecule has 1 aliphatic heterocycles. The Kier molecular flexibility index (Phi) is 3.68. The second kappa shape index (κ2) is 5.45. The van der Waals surface area contributed by atoms with E-state index in [-0.39, 0.29) is 6.10 Å². The molecular weight excluding hydrogens is 258 g/mol. The molecule has 2 unspecified atom stereocenters. The highest BCUT2D eigenvalue weighted by Crippen LogP contribution is 2.32. The zero-order valence-electron chi connectivity index (χ0n) is 11.1. The summed E-state index contributed by atoms with van der Waals surface area (Å²) in [7, 11) is 0. The fourth-order valence-electron chi connectivity index (χ4n) is 2.76. The van der Waals surface area contributed by atoms with Crippen molar-refractivity contribution in [3.8, 4) is 0 Å². The van der Waals surface area contributed by atoms with Crippen LogP contribution in [0, 0.1) is 0 Å². The maximum absolute atomic E-state index is 10.2. The van der Waals surface area contributed by atoms with E-state index in [1.54, 1.807) is 10.9 Å². The van der Waals surface area contributed by atoms with E-state index < -0.39 is 0 Å². The van der Waals surface area contributed by atoms with Gasteiger partial charge in [-0.25, -0.2) is 0 Å². The number of nitrogens with zero attached hydrogens (tertiary/aromatic N) is 3. The number of hydrogen-bond donors (Lipinski definition) is 1. The van der Waals surface area contributed by atoms with E-state index in [4.69, 9.17) is 0 Å². The average Bonchev–Trinajstić information content (AvgIpc) is 3.03. The number of aliphatic hydroxyl groups is 1. The van der Waals surface area contributed by atoms with Gasteiger partial charge in [-0.1, -0.05) is 0 Å². The third kappa shape index (κ3) is 2.73. The molecule has 0 spiro atoms. The number of aromatic nitrogens is 2. The zero-order chi connectivity index (χ0) is 13.2. The fourth-order valence-corrected chi connectivity index (χ4v) is 3.73. The summed E-state index contributed by atoms with van der Waals surface area (Å²) in [6.45, 7) is 4.53. The summed E-state index contributed by atoms with van der Waals surface area (Å²) in [5.74, 6) is 0. The van der Waals surface area contributed by atoms with Gasteiger partial charge in [0.05, 0.1) is 12.6 Å². The SMILES string of the molecule is CC1c2ccsc2CCN1CC(O)Cn1cccn1. The van der Waals surface area contributed by atoms with Crippen LogP contribution >= 0.6 is 11.3 Å². The Morgan fingerprint density at radius 3 is 3.21 bits per heavy atom. The Bertz CT molecular complexity index is 523. The number of fused-ring (bicyclic) bond motifs is 1. The smallest absolute Gasteiger partial charge is 0.0862 e. The first-order valence-corrected chi connectivity index (χ1v) is 7.58. The van der Waals surface area contributed by atoms with E-state index in [2.05, 4.69) is 28.4 Å². The van der Waals surface area contributed by atoms with Gasteiger partial charge in [-0.3, -0.25) is 9.58 Å². The molecule has 0 saturated heterocycles. The highest BCUT2D eigenvalue weighted by atomic mass is 32.1. The highest BCUT2D eigenvalue weighted by molar-refractivity contribution is 7.10. The molecule has 3 rings (SSSR count). The van der Waals surface area contributed by atoms with Crippen LogP contribution in [-0.2, 0) is 13.0 Å². The van der Waals surface area contributed by atoms with Crippen molar-refractivity contribution < 1.29 is 5.11 Å². The van der Waals surface area contributed by atoms with E-state index in [0.29, 0.717) is 19.1 Å². The highest BCUT2D eigenvalue weighted by Gasteiger charge is 2.26. The van der Waals surface area contributed by atoms with E-state index in [0.717, 1.165) is 13.0 Å². The summed E-state index contributed by atoms with van der Waals surface area (Å²) in [4.78, 5) is 3.87. The molecule has 0 aliphatic carbocycles. The molecule has 102 valence electrons. The van der Waals surface area contributed by atoms with Gasteiger partial charge in [0.1, 0.15) is 0 Å². The topological polar surface area (TPSA) is 41.3 Å². The molecule has 1 aliphatic rings. The molecule has 0 aromatic carbocycles. The van der Waals surface area contributed by atoms with E-state index in [1.165, 1.54) is 10.4 Å². The predicted molar refractivity (Wildman–Crippen MR) is 76.2 cm³/mol. The Balaban J connectivity index is 1.61. The van der Waals surface area contributed by atoms with Crippen molar-refractivity contribution in [1.82, 2.24) is 14.7 Å². The Hall–Kier alpha value is -1.17. The summed E-state index contributed by atoms with van der Waals surface area (Å²) < 4.78 is 1.79. The monoisotopic (exact) mass is 277 g/mol. The van der Waals surface area contributed by atoms with Gasteiger partial charge in [0.25, 0.3) is 0 Å². The van der Waals surface area contributed by atoms with Gasteiger partial charge in [0, 0.05) is 36.4 Å². The van der Waals surface area contributed by atoms with Crippen molar-refractivity contribution >= 4 is 11.3 Å². The lowest BCUT2D eigenvalue weighted by atomic mass is 10.0. The van der Waals surface area contributed by atoms with Crippen LogP contribution in [0.15, 0.2) is 29.9 Å². The average molecular weight is 277 g/mol. The van der Waals surface area contributed by atoms with Crippen LogP contribution in [0.2, 0.25) is 0 Å². The first-order valence-electron chi connectivity index (χ1n) is 6.70. The minimum atomic E-state index is -0.373. The largest absolute Gasteiger partial charge is 0.390 e. The first kappa shape index (κ1) is 12.8. The van der Waals surface area contributed by atoms with Gasteiger partial charge in [-0.05, 0) is 36.4 Å². The minimum absolute atomic E-state index is 0.373. The maximum Gasteiger partial charge on any atom is 0.0862 e. The van der Waals surface area contributed by atoms with E-state index in [1.807, 2.05) is 23.6 Å². The van der Waals surface area contributed by atoms with Gasteiger partial charge >= 0.3 is 0 Å². The van der Waals surface area contributed by atoms with Gasteiger partial charge in [0.2, 0.25) is 0 Å². The summed E-state index contributed by atoms with van der Waals surface area (Å²) in [5.41, 5.74) is 1.43. The van der Waals surface area contributed by atoms with Crippen LogP contribution in [0.4, 0.5) is 0 Å². The van der Waals surface area contributed by atoms with Crippen molar-refractivity contribution in [3.05, 3.63) is 40.3 Å². The maximum atomic E-state index is 10.2. The quantitative estimate of drug-likeness (QED) is 0.928. The third-order valence-electron chi connectivity index (χ3n) is 3.81. The van der Waals surface area contributed by atoms with Crippen LogP contribution in [0.3, 0.4) is 0 Å². The van der Waals surface area contributed by atoms with Crippen LogP contribution in [0.25, 0.3) is 0 Å². The van der Waals surface area contributed by atoms with Crippen LogP contribution in [0.5, 0.6) is 0 Å². The lowest BCUT2D eigenvalue weighted by Crippen LogP contribution is -2.40. The Labute approximate surface area is 117 Å². The van der Waals surface area contributed by atoms with Crippen molar-refractivity contribution in [3.63, 3.8) is 0 Å². The Morgan fingerprint density at radius 2 is 2.42 bits per heavy atom. The molecule has 0 bridgehead atoms. The molecule has 2 atom stereocenters. The minimum Gasteiger partial charge on any atom is -0.390 e. The Morgan fingerprint density at radius 1 is 1.53 bits per heavy atom. The number of thiophene rings is 1. The molecule has 2 aromatic heterocycles.